The molecule has 0 saturated carbocycles. The lowest BCUT2D eigenvalue weighted by Gasteiger charge is -2.09. The predicted molar refractivity (Wildman–Crippen MR) is 65.9 cm³/mol. The van der Waals surface area contributed by atoms with Crippen molar-refractivity contribution < 1.29 is 9.35 Å². The topological polar surface area (TPSA) is 40.1 Å². The molecule has 0 radical (unpaired) electrons. The first kappa shape index (κ1) is 11.2. The van der Waals surface area contributed by atoms with Crippen LogP contribution in [0.5, 0.6) is 0 Å². The van der Waals surface area contributed by atoms with Gasteiger partial charge in [-0.2, -0.15) is 0 Å². The van der Waals surface area contributed by atoms with Crippen LogP contribution in [-0.2, 0) is 16.0 Å². The smallest absolute Gasteiger partial charge is 0.179 e. The first-order chi connectivity index (χ1) is 7.66. The van der Waals surface area contributed by atoms with Gasteiger partial charge in [-0.1, -0.05) is 24.3 Å². The van der Waals surface area contributed by atoms with E-state index >= 15 is 0 Å². The van der Waals surface area contributed by atoms with E-state index in [1.165, 1.54) is 6.92 Å². The summed E-state index contributed by atoms with van der Waals surface area (Å²) >= 11 is -1.22. The number of benzene rings is 2. The monoisotopic (exact) mass is 232 g/mol. The number of fused-ring (bicyclic) bond motifs is 1. The summed E-state index contributed by atoms with van der Waals surface area (Å²) in [5, 5.41) is 2.17. The van der Waals surface area contributed by atoms with E-state index in [1.54, 1.807) is 0 Å². The molecule has 0 aliphatic heterocycles. The van der Waals surface area contributed by atoms with Crippen LogP contribution >= 0.6 is 0 Å². The molecule has 0 aliphatic rings. The highest BCUT2D eigenvalue weighted by Gasteiger charge is 2.13. The van der Waals surface area contributed by atoms with Gasteiger partial charge in [-0.15, -0.1) is 0 Å². The van der Waals surface area contributed by atoms with Crippen molar-refractivity contribution in [3.05, 3.63) is 42.5 Å². The van der Waals surface area contributed by atoms with E-state index in [1.807, 2.05) is 42.5 Å². The van der Waals surface area contributed by atoms with Crippen molar-refractivity contribution in [2.75, 3.05) is 5.75 Å². The average Bonchev–Trinajstić information content (AvgIpc) is 2.27. The number of carbonyl (C=O) groups is 1. The third-order valence-electron chi connectivity index (χ3n) is 2.32. The van der Waals surface area contributed by atoms with Crippen molar-refractivity contribution in [2.24, 2.45) is 0 Å². The Hall–Kier alpha value is -1.32. The lowest BCUT2D eigenvalue weighted by molar-refractivity contribution is -0.114. The molecule has 0 bridgehead atoms. The highest BCUT2D eigenvalue weighted by molar-refractivity contribution is 7.92. The van der Waals surface area contributed by atoms with Gasteiger partial charge < -0.3 is 4.55 Å². The second-order valence-corrected chi connectivity index (χ2v) is 5.15. The summed E-state index contributed by atoms with van der Waals surface area (Å²) in [6, 6.07) is 13.5. The molecular formula is C13H12O2S. The van der Waals surface area contributed by atoms with Crippen molar-refractivity contribution in [3.8, 4) is 0 Å². The number of carbonyl (C=O) groups excluding carboxylic acids is 1. The van der Waals surface area contributed by atoms with E-state index in [-0.39, 0.29) is 11.5 Å². The van der Waals surface area contributed by atoms with Gasteiger partial charge in [-0.25, -0.2) is 0 Å². The maximum Gasteiger partial charge on any atom is 0.179 e. The van der Waals surface area contributed by atoms with Gasteiger partial charge >= 0.3 is 0 Å². The fourth-order valence-electron chi connectivity index (χ4n) is 1.58. The van der Waals surface area contributed by atoms with Gasteiger partial charge in [0, 0.05) is 6.07 Å². The van der Waals surface area contributed by atoms with Gasteiger partial charge in [0.25, 0.3) is 0 Å². The van der Waals surface area contributed by atoms with E-state index in [2.05, 4.69) is 0 Å². The maximum atomic E-state index is 11.8. The predicted octanol–water partition coefficient (Wildman–Crippen LogP) is 2.54. The molecule has 1 unspecified atom stereocenters. The minimum Gasteiger partial charge on any atom is -0.611 e. The molecule has 0 fully saturated rings. The molecule has 3 heteroatoms. The average molecular weight is 232 g/mol. The van der Waals surface area contributed by atoms with Crippen LogP contribution in [-0.4, -0.2) is 16.1 Å². The molecule has 0 aromatic heterocycles. The Kier molecular flexibility index (Phi) is 3.27. The van der Waals surface area contributed by atoms with Crippen molar-refractivity contribution in [1.82, 2.24) is 0 Å². The molecule has 0 aliphatic carbocycles. The van der Waals surface area contributed by atoms with E-state index in [0.29, 0.717) is 4.90 Å². The SMILES string of the molecule is CC(=O)C[S+]([O-])c1ccc2ccccc2c1. The molecule has 2 aromatic carbocycles. The Bertz CT molecular complexity index is 522. The second-order valence-electron chi connectivity index (χ2n) is 3.70. The molecule has 2 rings (SSSR count). The summed E-state index contributed by atoms with van der Waals surface area (Å²) < 4.78 is 11.8. The Morgan fingerprint density at radius 3 is 2.56 bits per heavy atom. The zero-order chi connectivity index (χ0) is 11.5. The zero-order valence-electron chi connectivity index (χ0n) is 8.97. The normalized spacial score (nSPS) is 12.6. The summed E-state index contributed by atoms with van der Waals surface area (Å²) in [6.07, 6.45) is 0. The minimum atomic E-state index is -1.22. The maximum absolute atomic E-state index is 11.8. The van der Waals surface area contributed by atoms with Gasteiger partial charge in [-0.05, 0) is 41.0 Å². The number of hydrogen-bond acceptors (Lipinski definition) is 2. The molecular weight excluding hydrogens is 220 g/mol. The van der Waals surface area contributed by atoms with Crippen molar-refractivity contribution in [1.29, 1.82) is 0 Å². The standard InChI is InChI=1S/C13H12O2S/c1-10(14)9-16(15)13-7-6-11-4-2-3-5-12(11)8-13/h2-8H,9H2,1H3. The van der Waals surface area contributed by atoms with Crippen LogP contribution in [0.2, 0.25) is 0 Å². The van der Waals surface area contributed by atoms with E-state index in [9.17, 15) is 9.35 Å². The van der Waals surface area contributed by atoms with Crippen LogP contribution in [0.1, 0.15) is 6.92 Å². The summed E-state index contributed by atoms with van der Waals surface area (Å²) in [6.45, 7) is 1.46. The fourth-order valence-corrected chi connectivity index (χ4v) is 2.59. The number of hydrogen-bond donors (Lipinski definition) is 0. The number of ketones is 1. The number of Topliss-reactive ketones (excluding diaryl/α,β-unsaturated/α-hetero) is 1. The summed E-state index contributed by atoms with van der Waals surface area (Å²) in [5.41, 5.74) is 0. The first-order valence-electron chi connectivity index (χ1n) is 5.03. The Morgan fingerprint density at radius 1 is 1.19 bits per heavy atom. The molecule has 16 heavy (non-hydrogen) atoms. The third kappa shape index (κ3) is 2.43. The summed E-state index contributed by atoms with van der Waals surface area (Å²) in [4.78, 5) is 11.6. The first-order valence-corrected chi connectivity index (χ1v) is 6.35. The minimum absolute atomic E-state index is 0.0495. The van der Waals surface area contributed by atoms with Gasteiger partial charge in [0.2, 0.25) is 0 Å². The van der Waals surface area contributed by atoms with Gasteiger partial charge in [0.05, 0.1) is 0 Å². The largest absolute Gasteiger partial charge is 0.611 e. The molecule has 2 aromatic rings. The number of rotatable bonds is 3. The van der Waals surface area contributed by atoms with E-state index in [4.69, 9.17) is 0 Å². The Morgan fingerprint density at radius 2 is 1.88 bits per heavy atom. The van der Waals surface area contributed by atoms with Crippen LogP contribution in [0.25, 0.3) is 10.8 Å². The van der Waals surface area contributed by atoms with Crippen molar-refractivity contribution in [3.63, 3.8) is 0 Å². The molecule has 0 saturated heterocycles. The molecule has 0 spiro atoms. The highest BCUT2D eigenvalue weighted by atomic mass is 32.2. The zero-order valence-corrected chi connectivity index (χ0v) is 9.79. The molecule has 1 atom stereocenters. The van der Waals surface area contributed by atoms with Crippen LogP contribution < -0.4 is 0 Å². The van der Waals surface area contributed by atoms with E-state index < -0.39 is 11.2 Å². The lowest BCUT2D eigenvalue weighted by atomic mass is 10.1. The van der Waals surface area contributed by atoms with Gasteiger partial charge in [0.15, 0.2) is 16.4 Å². The molecule has 0 amide bonds. The molecule has 0 heterocycles. The third-order valence-corrected chi connectivity index (χ3v) is 3.77. The quantitative estimate of drug-likeness (QED) is 0.763. The molecule has 82 valence electrons. The van der Waals surface area contributed by atoms with Crippen LogP contribution in [0.15, 0.2) is 47.4 Å². The fraction of sp³-hybridized carbons (Fsp3) is 0.154. The lowest BCUT2D eigenvalue weighted by Crippen LogP contribution is -2.13. The van der Waals surface area contributed by atoms with Crippen LogP contribution in [0, 0.1) is 0 Å². The highest BCUT2D eigenvalue weighted by Crippen LogP contribution is 2.19. The summed E-state index contributed by atoms with van der Waals surface area (Å²) in [7, 11) is 0. The van der Waals surface area contributed by atoms with Crippen molar-refractivity contribution >= 4 is 27.7 Å². The Labute approximate surface area is 97.5 Å². The van der Waals surface area contributed by atoms with Gasteiger partial charge in [-0.3, -0.25) is 4.79 Å². The van der Waals surface area contributed by atoms with Gasteiger partial charge in [0.1, 0.15) is 0 Å². The molecule has 0 N–H and O–H groups in total. The molecule has 2 nitrogen and oxygen atoms in total. The summed E-state index contributed by atoms with van der Waals surface area (Å²) in [5.74, 6) is 0.0460. The van der Waals surface area contributed by atoms with Crippen LogP contribution in [0.4, 0.5) is 0 Å². The Balaban J connectivity index is 2.35. The second kappa shape index (κ2) is 4.68. The van der Waals surface area contributed by atoms with Crippen LogP contribution in [0.3, 0.4) is 0 Å². The van der Waals surface area contributed by atoms with E-state index in [0.717, 1.165) is 10.8 Å². The van der Waals surface area contributed by atoms with Crippen molar-refractivity contribution in [2.45, 2.75) is 11.8 Å².